The molecule has 2 rings (SSSR count). The third-order valence-corrected chi connectivity index (χ3v) is 1.91. The lowest BCUT2D eigenvalue weighted by Gasteiger charge is -1.98. The Morgan fingerprint density at radius 1 is 1.12 bits per heavy atom. The summed E-state index contributed by atoms with van der Waals surface area (Å²) >= 11 is 0. The van der Waals surface area contributed by atoms with E-state index >= 15 is 0 Å². The molecule has 0 atom stereocenters. The molecule has 1 aromatic heterocycles. The standard InChI is InChI=1S/C11H10N4O/c12-8-4-5-9(10(16)7-8)14-15-11-3-1-2-6-13-11/h1-7,16H,12H2/b15-14+. The summed E-state index contributed by atoms with van der Waals surface area (Å²) in [6, 6.07) is 9.98. The Morgan fingerprint density at radius 3 is 2.69 bits per heavy atom. The molecule has 1 heterocycles. The maximum Gasteiger partial charge on any atom is 0.174 e. The molecule has 16 heavy (non-hydrogen) atoms. The van der Waals surface area contributed by atoms with Crippen molar-refractivity contribution >= 4 is 17.2 Å². The molecule has 0 unspecified atom stereocenters. The number of aromatic hydroxyl groups is 1. The van der Waals surface area contributed by atoms with E-state index in [0.717, 1.165) is 0 Å². The minimum absolute atomic E-state index is 0.000295. The van der Waals surface area contributed by atoms with Crippen LogP contribution in [0.4, 0.5) is 17.2 Å². The van der Waals surface area contributed by atoms with E-state index in [0.29, 0.717) is 17.2 Å². The molecule has 80 valence electrons. The van der Waals surface area contributed by atoms with Gasteiger partial charge in [-0.25, -0.2) is 4.98 Å². The zero-order valence-corrected chi connectivity index (χ0v) is 8.41. The lowest BCUT2D eigenvalue weighted by Crippen LogP contribution is -1.82. The molecule has 0 aliphatic rings. The molecule has 0 saturated heterocycles. The Balaban J connectivity index is 2.24. The van der Waals surface area contributed by atoms with Gasteiger partial charge in [-0.2, -0.15) is 0 Å². The van der Waals surface area contributed by atoms with Crippen molar-refractivity contribution < 1.29 is 5.11 Å². The van der Waals surface area contributed by atoms with Crippen LogP contribution in [0.1, 0.15) is 0 Å². The van der Waals surface area contributed by atoms with Gasteiger partial charge in [-0.15, -0.1) is 10.2 Å². The maximum absolute atomic E-state index is 9.52. The highest BCUT2D eigenvalue weighted by Crippen LogP contribution is 2.29. The Kier molecular flexibility index (Phi) is 2.77. The normalized spacial score (nSPS) is 10.8. The monoisotopic (exact) mass is 214 g/mol. The van der Waals surface area contributed by atoms with Gasteiger partial charge in [0.25, 0.3) is 0 Å². The van der Waals surface area contributed by atoms with Crippen molar-refractivity contribution in [3.63, 3.8) is 0 Å². The number of pyridine rings is 1. The zero-order valence-electron chi connectivity index (χ0n) is 8.41. The van der Waals surface area contributed by atoms with Crippen molar-refractivity contribution in [3.8, 4) is 5.75 Å². The highest BCUT2D eigenvalue weighted by molar-refractivity contribution is 5.58. The number of nitrogens with zero attached hydrogens (tertiary/aromatic N) is 3. The molecule has 5 heteroatoms. The predicted molar refractivity (Wildman–Crippen MR) is 60.9 cm³/mol. The molecule has 0 saturated carbocycles. The van der Waals surface area contributed by atoms with Crippen LogP contribution < -0.4 is 5.73 Å². The fraction of sp³-hybridized carbons (Fsp3) is 0. The van der Waals surface area contributed by atoms with Gasteiger partial charge in [0.1, 0.15) is 11.4 Å². The fourth-order valence-corrected chi connectivity index (χ4v) is 1.14. The summed E-state index contributed by atoms with van der Waals surface area (Å²) in [5.41, 5.74) is 6.33. The van der Waals surface area contributed by atoms with Crippen LogP contribution in [-0.4, -0.2) is 10.1 Å². The van der Waals surface area contributed by atoms with Crippen molar-refractivity contribution in [2.24, 2.45) is 10.2 Å². The highest BCUT2D eigenvalue weighted by Gasteiger charge is 1.99. The van der Waals surface area contributed by atoms with Crippen molar-refractivity contribution in [2.45, 2.75) is 0 Å². The SMILES string of the molecule is Nc1ccc(/N=N/c2ccccn2)c(O)c1. The average Bonchev–Trinajstić information content (AvgIpc) is 2.29. The molecule has 0 aliphatic heterocycles. The number of hydrogen-bond donors (Lipinski definition) is 2. The fourth-order valence-electron chi connectivity index (χ4n) is 1.14. The van der Waals surface area contributed by atoms with Gasteiger partial charge in [0.15, 0.2) is 5.82 Å². The van der Waals surface area contributed by atoms with Crippen LogP contribution in [0.15, 0.2) is 52.8 Å². The van der Waals surface area contributed by atoms with Crippen LogP contribution in [0, 0.1) is 0 Å². The van der Waals surface area contributed by atoms with E-state index in [1.807, 2.05) is 6.07 Å². The van der Waals surface area contributed by atoms with Crippen molar-refractivity contribution in [1.29, 1.82) is 0 Å². The minimum atomic E-state index is -0.000295. The average molecular weight is 214 g/mol. The van der Waals surface area contributed by atoms with Gasteiger partial charge in [-0.1, -0.05) is 6.07 Å². The summed E-state index contributed by atoms with van der Waals surface area (Å²) in [4.78, 5) is 3.97. The van der Waals surface area contributed by atoms with Crippen LogP contribution in [-0.2, 0) is 0 Å². The molecule has 0 fully saturated rings. The van der Waals surface area contributed by atoms with Crippen molar-refractivity contribution in [3.05, 3.63) is 42.6 Å². The first kappa shape index (κ1) is 10.1. The number of rotatable bonds is 2. The van der Waals surface area contributed by atoms with E-state index in [9.17, 15) is 5.11 Å². The smallest absolute Gasteiger partial charge is 0.174 e. The van der Waals surface area contributed by atoms with E-state index in [1.165, 1.54) is 6.07 Å². The maximum atomic E-state index is 9.52. The van der Waals surface area contributed by atoms with Gasteiger partial charge in [0.2, 0.25) is 0 Å². The quantitative estimate of drug-likeness (QED) is 0.595. The first-order valence-electron chi connectivity index (χ1n) is 4.67. The topological polar surface area (TPSA) is 83.9 Å². The number of hydrogen-bond acceptors (Lipinski definition) is 5. The lowest BCUT2D eigenvalue weighted by atomic mass is 10.3. The van der Waals surface area contributed by atoms with Crippen LogP contribution in [0.25, 0.3) is 0 Å². The summed E-state index contributed by atoms with van der Waals surface area (Å²) in [6.45, 7) is 0. The van der Waals surface area contributed by atoms with Crippen LogP contribution in [0.5, 0.6) is 5.75 Å². The summed E-state index contributed by atoms with van der Waals surface area (Å²) in [7, 11) is 0. The number of phenolic OH excluding ortho intramolecular Hbond substituents is 1. The largest absolute Gasteiger partial charge is 0.506 e. The number of phenols is 1. The van der Waals surface area contributed by atoms with E-state index in [1.54, 1.807) is 30.5 Å². The number of aromatic nitrogens is 1. The third-order valence-electron chi connectivity index (χ3n) is 1.91. The summed E-state index contributed by atoms with van der Waals surface area (Å²) < 4.78 is 0. The molecule has 5 nitrogen and oxygen atoms in total. The zero-order chi connectivity index (χ0) is 11.4. The Morgan fingerprint density at radius 2 is 2.00 bits per heavy atom. The van der Waals surface area contributed by atoms with Crippen LogP contribution >= 0.6 is 0 Å². The van der Waals surface area contributed by atoms with Gasteiger partial charge in [-0.05, 0) is 24.3 Å². The third kappa shape index (κ3) is 2.33. The molecule has 2 aromatic rings. The second-order valence-corrected chi connectivity index (χ2v) is 3.14. The van der Waals surface area contributed by atoms with Crippen LogP contribution in [0.2, 0.25) is 0 Å². The van der Waals surface area contributed by atoms with Gasteiger partial charge in [0, 0.05) is 18.0 Å². The van der Waals surface area contributed by atoms with Gasteiger partial charge >= 0.3 is 0 Å². The Bertz CT molecular complexity index is 511. The number of benzene rings is 1. The van der Waals surface area contributed by atoms with Crippen molar-refractivity contribution in [2.75, 3.05) is 5.73 Å². The molecule has 0 amide bonds. The minimum Gasteiger partial charge on any atom is -0.506 e. The van der Waals surface area contributed by atoms with Gasteiger partial charge in [-0.3, -0.25) is 0 Å². The van der Waals surface area contributed by atoms with Crippen molar-refractivity contribution in [1.82, 2.24) is 4.98 Å². The molecule has 0 bridgehead atoms. The molecule has 0 spiro atoms. The number of nitrogens with two attached hydrogens (primary N) is 1. The summed E-state index contributed by atoms with van der Waals surface area (Å²) in [5, 5.41) is 17.3. The molecule has 0 radical (unpaired) electrons. The second-order valence-electron chi connectivity index (χ2n) is 3.14. The van der Waals surface area contributed by atoms with E-state index in [-0.39, 0.29) is 5.75 Å². The lowest BCUT2D eigenvalue weighted by molar-refractivity contribution is 0.476. The second kappa shape index (κ2) is 4.39. The first-order chi connectivity index (χ1) is 7.75. The van der Waals surface area contributed by atoms with Gasteiger partial charge < -0.3 is 10.8 Å². The molecule has 3 N–H and O–H groups in total. The highest BCUT2D eigenvalue weighted by atomic mass is 16.3. The molecular weight excluding hydrogens is 204 g/mol. The summed E-state index contributed by atoms with van der Waals surface area (Å²) in [6.07, 6.45) is 1.62. The number of anilines is 1. The first-order valence-corrected chi connectivity index (χ1v) is 4.67. The predicted octanol–water partition coefficient (Wildman–Crippen LogP) is 2.78. The van der Waals surface area contributed by atoms with E-state index in [2.05, 4.69) is 15.2 Å². The van der Waals surface area contributed by atoms with E-state index < -0.39 is 0 Å². The molecule has 1 aromatic carbocycles. The molecular formula is C11H10N4O. The Hall–Kier alpha value is -2.43. The number of nitrogen functional groups attached to an aromatic ring is 1. The van der Waals surface area contributed by atoms with E-state index in [4.69, 9.17) is 5.73 Å². The van der Waals surface area contributed by atoms with Crippen LogP contribution in [0.3, 0.4) is 0 Å². The Labute approximate surface area is 92.3 Å². The summed E-state index contributed by atoms with van der Waals surface area (Å²) in [5.74, 6) is 0.485. The number of azo groups is 1. The molecule has 0 aliphatic carbocycles. The van der Waals surface area contributed by atoms with Gasteiger partial charge in [0.05, 0.1) is 0 Å².